The molecule has 1 aliphatic heterocycles. The molecule has 0 spiro atoms. The molecule has 0 unspecified atom stereocenters. The number of hydrogen-bond donors (Lipinski definition) is 2. The van der Waals surface area contributed by atoms with Crippen LogP contribution in [0.4, 0.5) is 0 Å². The maximum absolute atomic E-state index is 9.96. The highest BCUT2D eigenvalue weighted by Gasteiger charge is 2.50. The second-order valence-electron chi connectivity index (χ2n) is 8.61. The van der Waals surface area contributed by atoms with Crippen molar-refractivity contribution in [2.75, 3.05) is 13.2 Å². The van der Waals surface area contributed by atoms with Crippen LogP contribution < -0.4 is 10.4 Å². The van der Waals surface area contributed by atoms with Crippen molar-refractivity contribution in [1.82, 2.24) is 0 Å². The molecule has 29 heavy (non-hydrogen) atoms. The van der Waals surface area contributed by atoms with Crippen LogP contribution in [0, 0.1) is 0 Å². The van der Waals surface area contributed by atoms with Gasteiger partial charge in [-0.3, -0.25) is 0 Å². The molecule has 2 aromatic carbocycles. The fourth-order valence-electron chi connectivity index (χ4n) is 4.10. The zero-order valence-electron chi connectivity index (χ0n) is 17.5. The Kier molecular flexibility index (Phi) is 7.08. The quantitative estimate of drug-likeness (QED) is 0.542. The van der Waals surface area contributed by atoms with Crippen molar-refractivity contribution in [2.45, 2.75) is 50.5 Å². The lowest BCUT2D eigenvalue weighted by Gasteiger charge is -2.44. The molecule has 0 aliphatic carbocycles. The first kappa shape index (κ1) is 21.9. The lowest BCUT2D eigenvalue weighted by molar-refractivity contribution is -0.0847. The van der Waals surface area contributed by atoms with Gasteiger partial charge in [0.25, 0.3) is 8.32 Å². The minimum atomic E-state index is -2.61. The van der Waals surface area contributed by atoms with Crippen molar-refractivity contribution in [3.63, 3.8) is 0 Å². The van der Waals surface area contributed by atoms with E-state index in [1.54, 1.807) is 0 Å². The van der Waals surface area contributed by atoms with Crippen LogP contribution in [0.15, 0.2) is 72.8 Å². The Labute approximate surface area is 174 Å². The second kappa shape index (κ2) is 9.37. The summed E-state index contributed by atoms with van der Waals surface area (Å²) in [6.45, 7) is 6.86. The number of aliphatic hydroxyl groups excluding tert-OH is 2. The zero-order chi connectivity index (χ0) is 20.9. The smallest absolute Gasteiger partial charge is 0.261 e. The van der Waals surface area contributed by atoms with Crippen LogP contribution in [0.2, 0.25) is 5.04 Å². The fourth-order valence-corrected chi connectivity index (χ4v) is 8.69. The Morgan fingerprint density at radius 1 is 1.03 bits per heavy atom. The monoisotopic (exact) mass is 412 g/mol. The molecule has 0 saturated heterocycles. The predicted octanol–water partition coefficient (Wildman–Crippen LogP) is 2.63. The van der Waals surface area contributed by atoms with Crippen molar-refractivity contribution in [3.05, 3.63) is 72.8 Å². The maximum atomic E-state index is 9.96. The van der Waals surface area contributed by atoms with Gasteiger partial charge in [0.2, 0.25) is 0 Å². The molecule has 0 aromatic heterocycles. The zero-order valence-corrected chi connectivity index (χ0v) is 18.5. The first-order chi connectivity index (χ1) is 13.9. The lowest BCUT2D eigenvalue weighted by Crippen LogP contribution is -2.67. The minimum absolute atomic E-state index is 0.0930. The van der Waals surface area contributed by atoms with Crippen molar-refractivity contribution >= 4 is 18.7 Å². The van der Waals surface area contributed by atoms with E-state index in [1.165, 1.54) is 10.4 Å². The summed E-state index contributed by atoms with van der Waals surface area (Å²) in [5.41, 5.74) is 0. The summed E-state index contributed by atoms with van der Waals surface area (Å²) in [6, 6.07) is 21.0. The normalized spacial score (nSPS) is 21.1. The Morgan fingerprint density at radius 2 is 1.59 bits per heavy atom. The average molecular weight is 413 g/mol. The molecule has 2 aromatic rings. The van der Waals surface area contributed by atoms with Crippen LogP contribution in [-0.2, 0) is 9.16 Å². The van der Waals surface area contributed by atoms with Gasteiger partial charge in [0.15, 0.2) is 0 Å². The van der Waals surface area contributed by atoms with Crippen LogP contribution in [0.3, 0.4) is 0 Å². The van der Waals surface area contributed by atoms with Crippen LogP contribution in [0.1, 0.15) is 27.2 Å². The molecular weight excluding hydrogens is 380 g/mol. The summed E-state index contributed by atoms with van der Waals surface area (Å²) >= 11 is 0. The van der Waals surface area contributed by atoms with E-state index in [-0.39, 0.29) is 17.7 Å². The molecule has 1 aliphatic rings. The molecule has 4 nitrogen and oxygen atoms in total. The van der Waals surface area contributed by atoms with Gasteiger partial charge < -0.3 is 19.4 Å². The van der Waals surface area contributed by atoms with Gasteiger partial charge in [0.1, 0.15) is 12.2 Å². The fraction of sp³-hybridized carbons (Fsp3) is 0.417. The molecule has 0 amide bonds. The third kappa shape index (κ3) is 4.70. The van der Waals surface area contributed by atoms with Crippen LogP contribution in [0.25, 0.3) is 0 Å². The van der Waals surface area contributed by atoms with Crippen molar-refractivity contribution < 1.29 is 19.4 Å². The van der Waals surface area contributed by atoms with Crippen LogP contribution in [-0.4, -0.2) is 50.1 Å². The predicted molar refractivity (Wildman–Crippen MR) is 119 cm³/mol. The largest absolute Gasteiger partial charge is 0.405 e. The van der Waals surface area contributed by atoms with E-state index in [9.17, 15) is 10.2 Å². The van der Waals surface area contributed by atoms with E-state index in [2.05, 4.69) is 69.3 Å². The maximum Gasteiger partial charge on any atom is 0.261 e. The van der Waals surface area contributed by atoms with E-state index in [4.69, 9.17) is 9.16 Å². The molecule has 0 fully saturated rings. The Morgan fingerprint density at radius 3 is 2.07 bits per heavy atom. The second-order valence-corrected chi connectivity index (χ2v) is 12.9. The summed E-state index contributed by atoms with van der Waals surface area (Å²) in [5.74, 6) is 0. The number of aliphatic hydroxyl groups is 2. The van der Waals surface area contributed by atoms with Crippen molar-refractivity contribution in [3.8, 4) is 0 Å². The summed E-state index contributed by atoms with van der Waals surface area (Å²) in [4.78, 5) is 0. The van der Waals surface area contributed by atoms with Gasteiger partial charge in [-0.05, 0) is 21.8 Å². The van der Waals surface area contributed by atoms with E-state index in [0.717, 1.165) is 6.42 Å². The van der Waals surface area contributed by atoms with Gasteiger partial charge in [-0.25, -0.2) is 0 Å². The number of rotatable bonds is 7. The molecule has 0 bridgehead atoms. The molecule has 156 valence electrons. The Balaban J connectivity index is 1.93. The Hall–Kier alpha value is -1.76. The summed E-state index contributed by atoms with van der Waals surface area (Å²) in [5, 5.41) is 21.6. The van der Waals surface area contributed by atoms with Crippen molar-refractivity contribution in [1.29, 1.82) is 0 Å². The first-order valence-electron chi connectivity index (χ1n) is 10.2. The third-order valence-electron chi connectivity index (χ3n) is 5.54. The summed E-state index contributed by atoms with van der Waals surface area (Å²) < 4.78 is 12.9. The highest BCUT2D eigenvalue weighted by molar-refractivity contribution is 6.99. The van der Waals surface area contributed by atoms with Gasteiger partial charge >= 0.3 is 0 Å². The first-order valence-corrected chi connectivity index (χ1v) is 12.2. The number of ether oxygens (including phenoxy) is 1. The van der Waals surface area contributed by atoms with E-state index in [1.807, 2.05) is 24.3 Å². The van der Waals surface area contributed by atoms with Crippen LogP contribution in [0.5, 0.6) is 0 Å². The van der Waals surface area contributed by atoms with Gasteiger partial charge in [-0.2, -0.15) is 0 Å². The SMILES string of the molecule is CC(C)(C)[Si](OC[C@@H]1CC=C[C@@H]([C@H](O)CO)O1)(c1ccccc1)c1ccccc1. The minimum Gasteiger partial charge on any atom is -0.405 e. The van der Waals surface area contributed by atoms with E-state index in [0.29, 0.717) is 6.61 Å². The molecule has 0 radical (unpaired) electrons. The van der Waals surface area contributed by atoms with E-state index < -0.39 is 20.5 Å². The highest BCUT2D eigenvalue weighted by Crippen LogP contribution is 2.37. The average Bonchev–Trinajstić information content (AvgIpc) is 2.74. The Bertz CT molecular complexity index is 746. The van der Waals surface area contributed by atoms with Crippen LogP contribution >= 0.6 is 0 Å². The molecule has 3 atom stereocenters. The van der Waals surface area contributed by atoms with Gasteiger partial charge in [-0.15, -0.1) is 0 Å². The highest BCUT2D eigenvalue weighted by atomic mass is 28.4. The molecule has 3 rings (SSSR count). The molecule has 0 saturated carbocycles. The summed E-state index contributed by atoms with van der Waals surface area (Å²) in [7, 11) is -2.61. The van der Waals surface area contributed by atoms with Gasteiger partial charge in [0, 0.05) is 0 Å². The standard InChI is InChI=1S/C24H32O4Si/c1-24(2,3)29(20-12-6-4-7-13-20,21-14-8-5-9-15-21)27-18-19-11-10-16-23(28-19)22(26)17-25/h4-10,12-16,19,22-23,25-26H,11,17-18H2,1-3H3/t19-,22+,23-/m0/s1. The number of hydrogen-bond acceptors (Lipinski definition) is 4. The molecule has 1 heterocycles. The summed E-state index contributed by atoms with van der Waals surface area (Å²) in [6.07, 6.45) is 2.98. The molecule has 5 heteroatoms. The molecule has 2 N–H and O–H groups in total. The van der Waals surface area contributed by atoms with Gasteiger partial charge in [-0.1, -0.05) is 93.6 Å². The third-order valence-corrected chi connectivity index (χ3v) is 10.5. The van der Waals surface area contributed by atoms with Crippen molar-refractivity contribution in [2.24, 2.45) is 0 Å². The van der Waals surface area contributed by atoms with E-state index >= 15 is 0 Å². The molecular formula is C24H32O4Si. The topological polar surface area (TPSA) is 58.9 Å². The van der Waals surface area contributed by atoms with Gasteiger partial charge in [0.05, 0.1) is 19.3 Å². The lowest BCUT2D eigenvalue weighted by atomic mass is 10.1. The number of benzene rings is 2.